The van der Waals surface area contributed by atoms with Gasteiger partial charge >= 0.3 is 5.97 Å². The molecule has 132 valence electrons. The van der Waals surface area contributed by atoms with Crippen molar-refractivity contribution >= 4 is 40.4 Å². The molecule has 7 heteroatoms. The molecule has 0 aromatic heterocycles. The number of thioether (sulfide) groups is 1. The molecule has 2 heterocycles. The number of nitrogens with zero attached hydrogens (tertiary/aromatic N) is 2. The van der Waals surface area contributed by atoms with E-state index in [2.05, 4.69) is 4.99 Å². The fraction of sp³-hybridized carbons (Fsp3) is 0.389. The Morgan fingerprint density at radius 1 is 1.44 bits per heavy atom. The van der Waals surface area contributed by atoms with E-state index in [1.807, 2.05) is 12.1 Å². The van der Waals surface area contributed by atoms with Crippen molar-refractivity contribution < 1.29 is 14.3 Å². The van der Waals surface area contributed by atoms with Crippen LogP contribution in [0.25, 0.3) is 0 Å². The summed E-state index contributed by atoms with van der Waals surface area (Å²) in [6, 6.07) is 6.64. The van der Waals surface area contributed by atoms with Gasteiger partial charge in [0, 0.05) is 17.2 Å². The van der Waals surface area contributed by atoms with Gasteiger partial charge in [0.1, 0.15) is 0 Å². The molecule has 0 aliphatic carbocycles. The number of amidine groups is 1. The van der Waals surface area contributed by atoms with Crippen molar-refractivity contribution in [1.29, 1.82) is 0 Å². The molecule has 0 N–H and O–H groups in total. The van der Waals surface area contributed by atoms with E-state index in [1.165, 1.54) is 11.8 Å². The number of hydrogen-bond donors (Lipinski definition) is 0. The van der Waals surface area contributed by atoms with E-state index in [9.17, 15) is 9.59 Å². The predicted molar refractivity (Wildman–Crippen MR) is 99.5 cm³/mol. The highest BCUT2D eigenvalue weighted by atomic mass is 35.5. The smallest absolute Gasteiger partial charge is 0.338 e. The highest BCUT2D eigenvalue weighted by Crippen LogP contribution is 2.40. The van der Waals surface area contributed by atoms with Gasteiger partial charge in [0.25, 0.3) is 0 Å². The van der Waals surface area contributed by atoms with Crippen LogP contribution in [-0.4, -0.2) is 33.8 Å². The number of esters is 1. The van der Waals surface area contributed by atoms with Crippen molar-refractivity contribution in [3.05, 3.63) is 46.1 Å². The number of hydrogen-bond acceptors (Lipinski definition) is 5. The Bertz CT molecular complexity index is 788. The summed E-state index contributed by atoms with van der Waals surface area (Å²) < 4.78 is 5.41. The second-order valence-corrected chi connectivity index (χ2v) is 7.67. The number of fused-ring (bicyclic) bond motifs is 1. The van der Waals surface area contributed by atoms with Crippen LogP contribution in [0, 0.1) is 0 Å². The van der Waals surface area contributed by atoms with Gasteiger partial charge in [-0.15, -0.1) is 0 Å². The molecular formula is C18H19ClN2O3S. The molecule has 0 saturated carbocycles. The summed E-state index contributed by atoms with van der Waals surface area (Å²) in [6.07, 6.45) is 0.149. The fourth-order valence-corrected chi connectivity index (χ4v) is 4.13. The zero-order valence-electron chi connectivity index (χ0n) is 14.3. The molecular weight excluding hydrogens is 360 g/mol. The summed E-state index contributed by atoms with van der Waals surface area (Å²) in [4.78, 5) is 31.5. The Morgan fingerprint density at radius 3 is 2.88 bits per heavy atom. The molecule has 0 radical (unpaired) electrons. The molecule has 1 aromatic carbocycles. The van der Waals surface area contributed by atoms with Crippen molar-refractivity contribution in [2.45, 2.75) is 39.3 Å². The van der Waals surface area contributed by atoms with Crippen molar-refractivity contribution in [3.63, 3.8) is 0 Å². The van der Waals surface area contributed by atoms with Gasteiger partial charge in [0.15, 0.2) is 5.17 Å². The number of ether oxygens (including phenoxy) is 1. The molecule has 1 aromatic rings. The molecule has 1 saturated heterocycles. The van der Waals surface area contributed by atoms with Gasteiger partial charge in [-0.3, -0.25) is 9.69 Å². The molecule has 0 bridgehead atoms. The third-order valence-electron chi connectivity index (χ3n) is 3.93. The van der Waals surface area contributed by atoms with Crippen molar-refractivity contribution in [2.75, 3.05) is 5.75 Å². The first kappa shape index (κ1) is 18.0. The minimum absolute atomic E-state index is 0.0511. The fourth-order valence-electron chi connectivity index (χ4n) is 2.93. The molecule has 2 aliphatic rings. The summed E-state index contributed by atoms with van der Waals surface area (Å²) in [6.45, 7) is 5.36. The summed E-state index contributed by atoms with van der Waals surface area (Å²) in [5.74, 6) is 0.184. The van der Waals surface area contributed by atoms with Gasteiger partial charge in [0.05, 0.1) is 23.4 Å². The van der Waals surface area contributed by atoms with Crippen LogP contribution in [0.4, 0.5) is 0 Å². The van der Waals surface area contributed by atoms with Crippen LogP contribution >= 0.6 is 23.4 Å². The van der Waals surface area contributed by atoms with E-state index in [0.717, 1.165) is 5.56 Å². The maximum Gasteiger partial charge on any atom is 0.338 e. The lowest BCUT2D eigenvalue weighted by atomic mass is 9.94. The summed E-state index contributed by atoms with van der Waals surface area (Å²) >= 11 is 7.67. The third-order valence-corrected chi connectivity index (χ3v) is 5.12. The molecule has 25 heavy (non-hydrogen) atoms. The monoisotopic (exact) mass is 378 g/mol. The Kier molecular flexibility index (Phi) is 5.20. The normalized spacial score (nSPS) is 20.5. The lowest BCUT2D eigenvalue weighted by Crippen LogP contribution is -2.46. The summed E-state index contributed by atoms with van der Waals surface area (Å²) in [5.41, 5.74) is 1.73. The third kappa shape index (κ3) is 3.60. The zero-order chi connectivity index (χ0) is 18.1. The molecule has 1 atom stereocenters. The Labute approximate surface area is 156 Å². The van der Waals surface area contributed by atoms with Gasteiger partial charge in [-0.25, -0.2) is 9.79 Å². The lowest BCUT2D eigenvalue weighted by molar-refractivity contribution is -0.143. The molecule has 1 fully saturated rings. The SMILES string of the molecule is CC1=C(C(=O)OC(C)C)C(c2cccc(Cl)c2)N2C(=O)CCSC2=N1. The van der Waals surface area contributed by atoms with E-state index in [1.54, 1.807) is 37.8 Å². The molecule has 0 spiro atoms. The van der Waals surface area contributed by atoms with Gasteiger partial charge < -0.3 is 4.74 Å². The van der Waals surface area contributed by atoms with Crippen LogP contribution in [0.2, 0.25) is 5.02 Å². The Hall–Kier alpha value is -1.79. The number of benzene rings is 1. The first-order chi connectivity index (χ1) is 11.9. The second-order valence-electron chi connectivity index (χ2n) is 6.17. The van der Waals surface area contributed by atoms with Crippen molar-refractivity contribution in [3.8, 4) is 0 Å². The minimum Gasteiger partial charge on any atom is -0.459 e. The summed E-state index contributed by atoms with van der Waals surface area (Å²) in [7, 11) is 0. The standard InChI is InChI=1S/C18H19ClN2O3S/c1-10(2)24-17(23)15-11(3)20-18-21(14(22)7-8-25-18)16(15)12-5-4-6-13(19)9-12/h4-6,9-10,16H,7-8H2,1-3H3. The maximum absolute atomic E-state index is 12.7. The van der Waals surface area contributed by atoms with Gasteiger partial charge in [0.2, 0.25) is 5.91 Å². The highest BCUT2D eigenvalue weighted by Gasteiger charge is 2.41. The van der Waals surface area contributed by atoms with Crippen LogP contribution in [-0.2, 0) is 14.3 Å². The Balaban J connectivity index is 2.14. The molecule has 1 unspecified atom stereocenters. The van der Waals surface area contributed by atoms with Gasteiger partial charge in [-0.2, -0.15) is 0 Å². The molecule has 1 amide bonds. The predicted octanol–water partition coefficient (Wildman–Crippen LogP) is 3.94. The van der Waals surface area contributed by atoms with E-state index >= 15 is 0 Å². The van der Waals surface area contributed by atoms with E-state index in [4.69, 9.17) is 16.3 Å². The lowest BCUT2D eigenvalue weighted by Gasteiger charge is -2.39. The quantitative estimate of drug-likeness (QED) is 0.747. The van der Waals surface area contributed by atoms with Crippen LogP contribution in [0.15, 0.2) is 40.5 Å². The minimum atomic E-state index is -0.572. The number of rotatable bonds is 3. The molecule has 3 rings (SSSR count). The molecule has 2 aliphatic heterocycles. The topological polar surface area (TPSA) is 59.0 Å². The van der Waals surface area contributed by atoms with E-state index in [-0.39, 0.29) is 12.0 Å². The maximum atomic E-state index is 12.7. The highest BCUT2D eigenvalue weighted by molar-refractivity contribution is 8.14. The largest absolute Gasteiger partial charge is 0.459 e. The number of aliphatic imine (C=N–C) groups is 1. The van der Waals surface area contributed by atoms with Crippen LogP contribution in [0.3, 0.4) is 0 Å². The average Bonchev–Trinajstić information content (AvgIpc) is 2.53. The number of allylic oxidation sites excluding steroid dienone is 1. The van der Waals surface area contributed by atoms with Crippen molar-refractivity contribution in [2.24, 2.45) is 4.99 Å². The number of carbonyl (C=O) groups is 2. The first-order valence-corrected chi connectivity index (χ1v) is 9.45. The Morgan fingerprint density at radius 2 is 2.20 bits per heavy atom. The van der Waals surface area contributed by atoms with Gasteiger partial charge in [-0.05, 0) is 38.5 Å². The number of amides is 1. The first-order valence-electron chi connectivity index (χ1n) is 8.09. The van der Waals surface area contributed by atoms with Crippen molar-refractivity contribution in [1.82, 2.24) is 4.90 Å². The van der Waals surface area contributed by atoms with Gasteiger partial charge in [-0.1, -0.05) is 35.5 Å². The number of carbonyl (C=O) groups excluding carboxylic acids is 2. The average molecular weight is 379 g/mol. The molecule has 5 nitrogen and oxygen atoms in total. The summed E-state index contributed by atoms with van der Waals surface area (Å²) in [5, 5.41) is 1.17. The second kappa shape index (κ2) is 7.22. The number of halogens is 1. The van der Waals surface area contributed by atoms with E-state index in [0.29, 0.717) is 33.6 Å². The van der Waals surface area contributed by atoms with E-state index < -0.39 is 12.0 Å². The van der Waals surface area contributed by atoms with Crippen LogP contribution in [0.5, 0.6) is 0 Å². The van der Waals surface area contributed by atoms with Crippen LogP contribution in [0.1, 0.15) is 38.8 Å². The zero-order valence-corrected chi connectivity index (χ0v) is 15.9. The van der Waals surface area contributed by atoms with Crippen LogP contribution < -0.4 is 0 Å².